The zero-order valence-corrected chi connectivity index (χ0v) is 10.0. The Hall–Kier alpha value is -1.93. The molecule has 92 valence electrons. The molecule has 1 aromatic heterocycles. The Morgan fingerprint density at radius 3 is 3.00 bits per heavy atom. The predicted octanol–water partition coefficient (Wildman–Crippen LogP) is 2.54. The Morgan fingerprint density at radius 2 is 2.28 bits per heavy atom. The molecule has 1 heterocycles. The molecule has 0 amide bonds. The zero-order valence-electron chi connectivity index (χ0n) is 9.25. The first-order valence-electron chi connectivity index (χ1n) is 4.91. The van der Waals surface area contributed by atoms with Gasteiger partial charge in [0, 0.05) is 12.2 Å². The molecule has 0 aromatic carbocycles. The molecule has 2 rings (SSSR count). The monoisotopic (exact) mass is 268 g/mol. The summed E-state index contributed by atoms with van der Waals surface area (Å²) in [6.07, 6.45) is 1.93. The molecule has 0 saturated carbocycles. The quantitative estimate of drug-likeness (QED) is 0.611. The molecule has 6 heteroatoms. The van der Waals surface area contributed by atoms with Crippen LogP contribution in [-0.4, -0.2) is 23.2 Å². The van der Waals surface area contributed by atoms with E-state index < -0.39 is 12.0 Å². The summed E-state index contributed by atoms with van der Waals surface area (Å²) in [4.78, 5) is 7.27. The van der Waals surface area contributed by atoms with Crippen LogP contribution in [0.15, 0.2) is 24.1 Å². The van der Waals surface area contributed by atoms with Gasteiger partial charge in [0.2, 0.25) is 5.28 Å². The van der Waals surface area contributed by atoms with E-state index in [1.54, 1.807) is 0 Å². The summed E-state index contributed by atoms with van der Waals surface area (Å²) in [6.45, 7) is 0. The third kappa shape index (κ3) is 2.49. The maximum Gasteiger partial charge on any atom is 0.223 e. The molecule has 1 aliphatic carbocycles. The summed E-state index contributed by atoms with van der Waals surface area (Å²) >= 11 is 5.61. The minimum atomic E-state index is -1.48. The number of hydrogen-bond acceptors (Lipinski definition) is 3. The van der Waals surface area contributed by atoms with Gasteiger partial charge in [-0.1, -0.05) is 11.8 Å². The summed E-state index contributed by atoms with van der Waals surface area (Å²) in [7, 11) is 1.35. The summed E-state index contributed by atoms with van der Waals surface area (Å²) in [6, 6.07) is 0. The highest BCUT2D eigenvalue weighted by Gasteiger charge is 2.18. The second-order valence-corrected chi connectivity index (χ2v) is 3.66. The lowest BCUT2D eigenvalue weighted by Gasteiger charge is -2.10. The molecule has 0 fully saturated rings. The molecular formula is C12H7ClF2N2O. The van der Waals surface area contributed by atoms with E-state index >= 15 is 0 Å². The Morgan fingerprint density at radius 1 is 1.50 bits per heavy atom. The molecule has 0 bridgehead atoms. The number of nitrogens with zero attached hydrogens (tertiary/aromatic N) is 2. The van der Waals surface area contributed by atoms with Gasteiger partial charge in [0.15, 0.2) is 12.0 Å². The zero-order chi connectivity index (χ0) is 13.1. The van der Waals surface area contributed by atoms with Crippen LogP contribution in [0.1, 0.15) is 5.69 Å². The van der Waals surface area contributed by atoms with Gasteiger partial charge in [0.1, 0.15) is 11.5 Å². The standard InChI is InChI=1S/C12H7ClF2N2O/c1-18-10-5-7(14)3-2-4-8(10)11-9(15)6-16-12(13)17-11/h4-7H,1H3. The Labute approximate surface area is 107 Å². The third-order valence-electron chi connectivity index (χ3n) is 2.19. The van der Waals surface area contributed by atoms with Crippen molar-refractivity contribution in [2.75, 3.05) is 7.11 Å². The summed E-state index contributed by atoms with van der Waals surface area (Å²) in [5, 5.41) is -0.114. The molecule has 0 spiro atoms. The van der Waals surface area contributed by atoms with Gasteiger partial charge >= 0.3 is 0 Å². The van der Waals surface area contributed by atoms with Gasteiger partial charge in [-0.3, -0.25) is 0 Å². The third-order valence-corrected chi connectivity index (χ3v) is 2.37. The van der Waals surface area contributed by atoms with Crippen molar-refractivity contribution in [2.24, 2.45) is 0 Å². The average Bonchev–Trinajstić information content (AvgIpc) is 2.53. The van der Waals surface area contributed by atoms with Gasteiger partial charge in [0.05, 0.1) is 18.9 Å². The van der Waals surface area contributed by atoms with Crippen LogP contribution in [-0.2, 0) is 4.74 Å². The van der Waals surface area contributed by atoms with E-state index in [1.807, 2.05) is 0 Å². The number of allylic oxidation sites excluding steroid dienone is 3. The number of aromatic nitrogens is 2. The van der Waals surface area contributed by atoms with Gasteiger partial charge < -0.3 is 4.74 Å². The fourth-order valence-electron chi connectivity index (χ4n) is 1.43. The van der Waals surface area contributed by atoms with Crippen LogP contribution in [0.3, 0.4) is 0 Å². The van der Waals surface area contributed by atoms with Crippen LogP contribution in [0.4, 0.5) is 8.78 Å². The fraction of sp³-hybridized carbons (Fsp3) is 0.167. The summed E-state index contributed by atoms with van der Waals surface area (Å²) in [5.41, 5.74) is 0.151. The van der Waals surface area contributed by atoms with Crippen molar-refractivity contribution in [2.45, 2.75) is 6.17 Å². The SMILES string of the molecule is COC1=CC(F)C#CC=C1c1nc(Cl)ncc1F. The molecule has 1 unspecified atom stereocenters. The first-order chi connectivity index (χ1) is 8.61. The van der Waals surface area contributed by atoms with Crippen LogP contribution in [0.25, 0.3) is 5.57 Å². The van der Waals surface area contributed by atoms with E-state index in [2.05, 4.69) is 21.8 Å². The molecule has 18 heavy (non-hydrogen) atoms. The second kappa shape index (κ2) is 5.15. The first kappa shape index (κ1) is 12.5. The molecule has 1 aromatic rings. The Balaban J connectivity index is 2.56. The van der Waals surface area contributed by atoms with Gasteiger partial charge in [-0.05, 0) is 11.6 Å². The highest BCUT2D eigenvalue weighted by molar-refractivity contribution is 6.28. The van der Waals surface area contributed by atoms with Crippen molar-refractivity contribution in [3.8, 4) is 11.8 Å². The molecule has 1 aliphatic rings. The Bertz CT molecular complexity index is 602. The topological polar surface area (TPSA) is 35.0 Å². The van der Waals surface area contributed by atoms with E-state index in [-0.39, 0.29) is 22.3 Å². The van der Waals surface area contributed by atoms with Gasteiger partial charge in [0.25, 0.3) is 0 Å². The summed E-state index contributed by atoms with van der Waals surface area (Å²) in [5.74, 6) is 4.21. The number of rotatable bonds is 2. The largest absolute Gasteiger partial charge is 0.496 e. The van der Waals surface area contributed by atoms with E-state index in [1.165, 1.54) is 13.2 Å². The number of ether oxygens (including phenoxy) is 1. The van der Waals surface area contributed by atoms with E-state index in [9.17, 15) is 8.78 Å². The van der Waals surface area contributed by atoms with Crippen LogP contribution < -0.4 is 0 Å². The average molecular weight is 269 g/mol. The normalized spacial score (nSPS) is 18.1. The lowest BCUT2D eigenvalue weighted by Crippen LogP contribution is -2.02. The number of halogens is 3. The van der Waals surface area contributed by atoms with Crippen molar-refractivity contribution < 1.29 is 13.5 Å². The number of methoxy groups -OCH3 is 1. The van der Waals surface area contributed by atoms with E-state index in [0.717, 1.165) is 12.3 Å². The Kier molecular flexibility index (Phi) is 3.58. The fourth-order valence-corrected chi connectivity index (χ4v) is 1.56. The highest BCUT2D eigenvalue weighted by Crippen LogP contribution is 2.26. The minimum absolute atomic E-state index is 0.0773. The summed E-state index contributed by atoms with van der Waals surface area (Å²) < 4.78 is 31.9. The van der Waals surface area contributed by atoms with Crippen molar-refractivity contribution in [1.82, 2.24) is 9.97 Å². The number of alkyl halides is 1. The van der Waals surface area contributed by atoms with E-state index in [4.69, 9.17) is 16.3 Å². The van der Waals surface area contributed by atoms with Crippen molar-refractivity contribution in [1.29, 1.82) is 0 Å². The minimum Gasteiger partial charge on any atom is -0.496 e. The molecular weight excluding hydrogens is 262 g/mol. The van der Waals surface area contributed by atoms with Crippen molar-refractivity contribution in [3.63, 3.8) is 0 Å². The molecule has 0 aliphatic heterocycles. The van der Waals surface area contributed by atoms with Crippen LogP contribution in [0, 0.1) is 17.7 Å². The van der Waals surface area contributed by atoms with Gasteiger partial charge in [-0.25, -0.2) is 18.7 Å². The molecule has 0 saturated heterocycles. The second-order valence-electron chi connectivity index (χ2n) is 3.32. The lowest BCUT2D eigenvalue weighted by atomic mass is 10.1. The van der Waals surface area contributed by atoms with Crippen molar-refractivity contribution >= 4 is 17.2 Å². The molecule has 0 N–H and O–H groups in total. The van der Waals surface area contributed by atoms with Crippen LogP contribution in [0.5, 0.6) is 0 Å². The lowest BCUT2D eigenvalue weighted by molar-refractivity contribution is 0.304. The highest BCUT2D eigenvalue weighted by atomic mass is 35.5. The van der Waals surface area contributed by atoms with Gasteiger partial charge in [-0.2, -0.15) is 0 Å². The maximum atomic E-state index is 13.6. The van der Waals surface area contributed by atoms with E-state index in [0.29, 0.717) is 0 Å². The van der Waals surface area contributed by atoms with Crippen molar-refractivity contribution in [3.05, 3.63) is 40.9 Å². The maximum absolute atomic E-state index is 13.6. The molecule has 0 radical (unpaired) electrons. The van der Waals surface area contributed by atoms with Crippen LogP contribution >= 0.6 is 11.6 Å². The smallest absolute Gasteiger partial charge is 0.223 e. The molecule has 1 atom stereocenters. The van der Waals surface area contributed by atoms with Gasteiger partial charge in [-0.15, -0.1) is 0 Å². The van der Waals surface area contributed by atoms with Crippen LogP contribution in [0.2, 0.25) is 5.28 Å². The predicted molar refractivity (Wildman–Crippen MR) is 62.7 cm³/mol. The number of hydrogen-bond donors (Lipinski definition) is 0. The molecule has 3 nitrogen and oxygen atoms in total. The first-order valence-corrected chi connectivity index (χ1v) is 5.29.